The lowest BCUT2D eigenvalue weighted by atomic mass is 10.2. The van der Waals surface area contributed by atoms with Crippen LogP contribution >= 0.6 is 24.0 Å². The van der Waals surface area contributed by atoms with E-state index in [1.165, 1.54) is 40.9 Å². The van der Waals surface area contributed by atoms with Crippen molar-refractivity contribution in [2.75, 3.05) is 4.90 Å². The molecule has 0 atom stereocenters. The summed E-state index contributed by atoms with van der Waals surface area (Å²) in [4.78, 5) is 14.6. The highest BCUT2D eigenvalue weighted by Gasteiger charge is 2.33. The molecule has 26 heavy (non-hydrogen) atoms. The second kappa shape index (κ2) is 6.90. The quantitative estimate of drug-likeness (QED) is 0.444. The van der Waals surface area contributed by atoms with E-state index in [9.17, 15) is 9.18 Å². The molecule has 0 aliphatic carbocycles. The van der Waals surface area contributed by atoms with Gasteiger partial charge in [0, 0.05) is 11.6 Å². The number of benzene rings is 2. The molecule has 6 heteroatoms. The molecule has 0 saturated carbocycles. The standard InChI is InChI=1S/C20H12FNO2S2/c21-14-6-8-15(9-7-14)22-19(23)18(26-20(22)25)12-16-10-11-17(24-16)13-4-2-1-3-5-13/h1-12H/b18-12+. The Balaban J connectivity index is 1.61. The number of rotatable bonds is 3. The fourth-order valence-electron chi connectivity index (χ4n) is 2.60. The van der Waals surface area contributed by atoms with Crippen molar-refractivity contribution in [1.29, 1.82) is 0 Å². The lowest BCUT2D eigenvalue weighted by molar-refractivity contribution is -0.113. The molecule has 2 heterocycles. The van der Waals surface area contributed by atoms with E-state index >= 15 is 0 Å². The Morgan fingerprint density at radius 2 is 1.73 bits per heavy atom. The second-order valence-electron chi connectivity index (χ2n) is 5.56. The SMILES string of the molecule is O=C1/C(=C\c2ccc(-c3ccccc3)o2)SC(=S)N1c1ccc(F)cc1. The monoisotopic (exact) mass is 381 g/mol. The number of carbonyl (C=O) groups excluding carboxylic acids is 1. The lowest BCUT2D eigenvalue weighted by Gasteiger charge is -2.14. The molecule has 128 valence electrons. The third-order valence-electron chi connectivity index (χ3n) is 3.84. The van der Waals surface area contributed by atoms with Crippen molar-refractivity contribution in [3.63, 3.8) is 0 Å². The van der Waals surface area contributed by atoms with Gasteiger partial charge in [0.15, 0.2) is 4.32 Å². The molecule has 1 saturated heterocycles. The van der Waals surface area contributed by atoms with Gasteiger partial charge < -0.3 is 4.42 Å². The molecule has 1 fully saturated rings. The van der Waals surface area contributed by atoms with Crippen LogP contribution in [0, 0.1) is 5.82 Å². The van der Waals surface area contributed by atoms with Crippen LogP contribution in [0.5, 0.6) is 0 Å². The summed E-state index contributed by atoms with van der Waals surface area (Å²) in [6, 6.07) is 19.1. The van der Waals surface area contributed by atoms with Gasteiger partial charge in [-0.2, -0.15) is 0 Å². The van der Waals surface area contributed by atoms with Crippen molar-refractivity contribution in [2.45, 2.75) is 0 Å². The number of halogens is 1. The number of carbonyl (C=O) groups is 1. The van der Waals surface area contributed by atoms with Crippen LogP contribution in [0.1, 0.15) is 5.76 Å². The van der Waals surface area contributed by atoms with Gasteiger partial charge >= 0.3 is 0 Å². The Morgan fingerprint density at radius 1 is 1.00 bits per heavy atom. The van der Waals surface area contributed by atoms with E-state index in [4.69, 9.17) is 16.6 Å². The molecular weight excluding hydrogens is 369 g/mol. The topological polar surface area (TPSA) is 33.5 Å². The van der Waals surface area contributed by atoms with Gasteiger partial charge in [-0.3, -0.25) is 9.69 Å². The molecule has 1 aliphatic rings. The number of furan rings is 1. The highest BCUT2D eigenvalue weighted by molar-refractivity contribution is 8.27. The summed E-state index contributed by atoms with van der Waals surface area (Å²) in [5.74, 6) is 0.692. The van der Waals surface area contributed by atoms with Gasteiger partial charge in [0.05, 0.1) is 10.6 Å². The number of thioether (sulfide) groups is 1. The minimum Gasteiger partial charge on any atom is -0.457 e. The molecule has 1 aliphatic heterocycles. The molecule has 4 rings (SSSR count). The molecule has 1 amide bonds. The number of hydrogen-bond donors (Lipinski definition) is 0. The van der Waals surface area contributed by atoms with E-state index in [1.54, 1.807) is 6.08 Å². The summed E-state index contributed by atoms with van der Waals surface area (Å²) in [5, 5.41) is 0. The normalized spacial score (nSPS) is 15.9. The number of nitrogens with zero attached hydrogens (tertiary/aromatic N) is 1. The summed E-state index contributed by atoms with van der Waals surface area (Å²) >= 11 is 6.51. The molecule has 1 aromatic heterocycles. The van der Waals surface area contributed by atoms with Crippen molar-refractivity contribution in [1.82, 2.24) is 0 Å². The molecule has 3 aromatic rings. The summed E-state index contributed by atoms with van der Waals surface area (Å²) < 4.78 is 19.3. The van der Waals surface area contributed by atoms with E-state index in [0.717, 1.165) is 11.3 Å². The fourth-order valence-corrected chi connectivity index (χ4v) is 3.88. The first kappa shape index (κ1) is 16.8. The van der Waals surface area contributed by atoms with Crippen molar-refractivity contribution in [3.05, 3.63) is 83.2 Å². The van der Waals surface area contributed by atoms with Gasteiger partial charge in [0.2, 0.25) is 0 Å². The van der Waals surface area contributed by atoms with Crippen LogP contribution < -0.4 is 4.90 Å². The highest BCUT2D eigenvalue weighted by atomic mass is 32.2. The average molecular weight is 381 g/mol. The maximum Gasteiger partial charge on any atom is 0.270 e. The Bertz CT molecular complexity index is 1010. The van der Waals surface area contributed by atoms with Crippen molar-refractivity contribution < 1.29 is 13.6 Å². The molecule has 0 radical (unpaired) electrons. The Kier molecular flexibility index (Phi) is 4.44. The average Bonchev–Trinajstić information content (AvgIpc) is 3.22. The van der Waals surface area contributed by atoms with Crippen LogP contribution in [0.15, 0.2) is 76.1 Å². The third-order valence-corrected chi connectivity index (χ3v) is 5.14. The maximum atomic E-state index is 13.1. The third kappa shape index (κ3) is 3.21. The first-order valence-electron chi connectivity index (χ1n) is 7.80. The Morgan fingerprint density at radius 3 is 2.46 bits per heavy atom. The molecule has 0 spiro atoms. The van der Waals surface area contributed by atoms with E-state index in [-0.39, 0.29) is 11.7 Å². The van der Waals surface area contributed by atoms with E-state index in [2.05, 4.69) is 0 Å². The van der Waals surface area contributed by atoms with Gasteiger partial charge in [-0.1, -0.05) is 54.3 Å². The van der Waals surface area contributed by atoms with Crippen LogP contribution in [0.3, 0.4) is 0 Å². The first-order valence-corrected chi connectivity index (χ1v) is 9.03. The van der Waals surface area contributed by atoms with Crippen LogP contribution in [0.2, 0.25) is 0 Å². The zero-order valence-electron chi connectivity index (χ0n) is 13.4. The van der Waals surface area contributed by atoms with Gasteiger partial charge in [0.1, 0.15) is 17.3 Å². The van der Waals surface area contributed by atoms with Gasteiger partial charge in [-0.25, -0.2) is 4.39 Å². The highest BCUT2D eigenvalue weighted by Crippen LogP contribution is 2.36. The first-order chi connectivity index (χ1) is 12.6. The Labute approximate surface area is 159 Å². The molecular formula is C20H12FNO2S2. The zero-order valence-corrected chi connectivity index (χ0v) is 15.0. The largest absolute Gasteiger partial charge is 0.457 e. The smallest absolute Gasteiger partial charge is 0.270 e. The zero-order chi connectivity index (χ0) is 18.1. The minimum absolute atomic E-state index is 0.246. The van der Waals surface area contributed by atoms with Crippen molar-refractivity contribution >= 4 is 46.0 Å². The van der Waals surface area contributed by atoms with Crippen LogP contribution in [0.4, 0.5) is 10.1 Å². The number of hydrogen-bond acceptors (Lipinski definition) is 4. The van der Waals surface area contributed by atoms with E-state index in [0.29, 0.717) is 20.7 Å². The number of amides is 1. The fraction of sp³-hybridized carbons (Fsp3) is 0. The molecule has 0 N–H and O–H groups in total. The molecule has 3 nitrogen and oxygen atoms in total. The number of anilines is 1. The maximum absolute atomic E-state index is 13.1. The van der Waals surface area contributed by atoms with Crippen LogP contribution in [-0.4, -0.2) is 10.2 Å². The summed E-state index contributed by atoms with van der Waals surface area (Å²) in [6.07, 6.45) is 1.68. The Hall–Kier alpha value is -2.70. The molecule has 0 bridgehead atoms. The van der Waals surface area contributed by atoms with E-state index in [1.807, 2.05) is 42.5 Å². The predicted molar refractivity (Wildman–Crippen MR) is 106 cm³/mol. The summed E-state index contributed by atoms with van der Waals surface area (Å²) in [7, 11) is 0. The summed E-state index contributed by atoms with van der Waals surface area (Å²) in [6.45, 7) is 0. The van der Waals surface area contributed by atoms with Crippen LogP contribution in [0.25, 0.3) is 17.4 Å². The second-order valence-corrected chi connectivity index (χ2v) is 7.24. The molecule has 2 aromatic carbocycles. The predicted octanol–water partition coefficient (Wildman–Crippen LogP) is 5.49. The summed E-state index contributed by atoms with van der Waals surface area (Å²) in [5.41, 5.74) is 1.51. The van der Waals surface area contributed by atoms with Gasteiger partial charge in [0.25, 0.3) is 5.91 Å². The van der Waals surface area contributed by atoms with Crippen molar-refractivity contribution in [2.24, 2.45) is 0 Å². The van der Waals surface area contributed by atoms with E-state index < -0.39 is 0 Å². The van der Waals surface area contributed by atoms with Crippen molar-refractivity contribution in [3.8, 4) is 11.3 Å². The van der Waals surface area contributed by atoms with Gasteiger partial charge in [-0.05, 0) is 36.4 Å². The minimum atomic E-state index is -0.362. The molecule has 0 unspecified atom stereocenters. The lowest BCUT2D eigenvalue weighted by Crippen LogP contribution is -2.27. The van der Waals surface area contributed by atoms with Gasteiger partial charge in [-0.15, -0.1) is 0 Å². The van der Waals surface area contributed by atoms with Crippen LogP contribution in [-0.2, 0) is 4.79 Å². The number of thiocarbonyl (C=S) groups is 1.